The molecule has 1 atom stereocenters. The van der Waals surface area contributed by atoms with E-state index in [4.69, 9.17) is 11.6 Å². The lowest BCUT2D eigenvalue weighted by Crippen LogP contribution is -2.34. The Morgan fingerprint density at radius 3 is 2.56 bits per heavy atom. The van der Waals surface area contributed by atoms with E-state index >= 15 is 0 Å². The molecule has 1 saturated heterocycles. The average Bonchev–Trinajstić information content (AvgIpc) is 2.76. The van der Waals surface area contributed by atoms with Gasteiger partial charge in [0.2, 0.25) is 10.0 Å². The van der Waals surface area contributed by atoms with Crippen molar-refractivity contribution in [2.45, 2.75) is 23.5 Å². The predicted octanol–water partition coefficient (Wildman–Crippen LogP) is 3.34. The van der Waals surface area contributed by atoms with Gasteiger partial charge in [-0.05, 0) is 37.1 Å². The van der Waals surface area contributed by atoms with Crippen molar-refractivity contribution in [2.24, 2.45) is 0 Å². The standard InChI is InChI=1S/C18H19ClFNO4S2/c1-13-6-7-14(19)12-18(13)27(24,25)21-9-8-17(26(22,23)11-10-21)15-4-2-3-5-16(15)20/h2-7,12,17H,8-11H2,1H3. The van der Waals surface area contributed by atoms with Gasteiger partial charge in [-0.15, -0.1) is 0 Å². The molecular weight excluding hydrogens is 413 g/mol. The first-order valence-corrected chi connectivity index (χ1v) is 11.9. The van der Waals surface area contributed by atoms with Crippen molar-refractivity contribution >= 4 is 31.5 Å². The van der Waals surface area contributed by atoms with Gasteiger partial charge in [-0.25, -0.2) is 21.2 Å². The molecule has 1 aliphatic heterocycles. The second kappa shape index (κ2) is 7.50. The Labute approximate surface area is 163 Å². The molecule has 0 aliphatic carbocycles. The van der Waals surface area contributed by atoms with Gasteiger partial charge in [0.1, 0.15) is 5.82 Å². The summed E-state index contributed by atoms with van der Waals surface area (Å²) in [5.74, 6) is -0.974. The molecule has 2 aromatic rings. The third kappa shape index (κ3) is 4.03. The highest BCUT2D eigenvalue weighted by Crippen LogP contribution is 2.33. The largest absolute Gasteiger partial charge is 0.243 e. The van der Waals surface area contributed by atoms with Crippen molar-refractivity contribution in [2.75, 3.05) is 18.8 Å². The Balaban J connectivity index is 1.96. The van der Waals surface area contributed by atoms with Crippen molar-refractivity contribution in [1.82, 2.24) is 4.31 Å². The monoisotopic (exact) mass is 431 g/mol. The summed E-state index contributed by atoms with van der Waals surface area (Å²) < 4.78 is 66.7. The molecule has 1 fully saturated rings. The van der Waals surface area contributed by atoms with Crippen LogP contribution in [0, 0.1) is 12.7 Å². The Morgan fingerprint density at radius 1 is 1.15 bits per heavy atom. The number of hydrogen-bond donors (Lipinski definition) is 0. The smallest absolute Gasteiger partial charge is 0.228 e. The maximum atomic E-state index is 14.1. The van der Waals surface area contributed by atoms with Gasteiger partial charge in [0.15, 0.2) is 9.84 Å². The van der Waals surface area contributed by atoms with Crippen molar-refractivity contribution in [3.8, 4) is 0 Å². The topological polar surface area (TPSA) is 71.5 Å². The molecule has 0 aromatic heterocycles. The van der Waals surface area contributed by atoms with Crippen LogP contribution in [0.1, 0.15) is 22.8 Å². The number of sulfone groups is 1. The molecule has 0 saturated carbocycles. The Bertz CT molecular complexity index is 1070. The lowest BCUT2D eigenvalue weighted by atomic mass is 10.1. The van der Waals surface area contributed by atoms with E-state index in [2.05, 4.69) is 0 Å². The van der Waals surface area contributed by atoms with Crippen molar-refractivity contribution in [3.05, 3.63) is 64.4 Å². The molecule has 0 spiro atoms. The Kier molecular flexibility index (Phi) is 5.63. The second-order valence-electron chi connectivity index (χ2n) is 6.48. The van der Waals surface area contributed by atoms with E-state index < -0.39 is 30.9 Å². The van der Waals surface area contributed by atoms with Crippen LogP contribution in [0.3, 0.4) is 0 Å². The van der Waals surface area contributed by atoms with Crippen LogP contribution in [0.2, 0.25) is 5.02 Å². The number of benzene rings is 2. The highest BCUT2D eigenvalue weighted by molar-refractivity contribution is 7.92. The molecule has 2 aromatic carbocycles. The summed E-state index contributed by atoms with van der Waals surface area (Å²) >= 11 is 5.94. The van der Waals surface area contributed by atoms with E-state index in [1.807, 2.05) is 0 Å². The molecule has 1 heterocycles. The number of nitrogens with zero attached hydrogens (tertiary/aromatic N) is 1. The summed E-state index contributed by atoms with van der Waals surface area (Å²) in [6.07, 6.45) is -0.0118. The van der Waals surface area contributed by atoms with Gasteiger partial charge >= 0.3 is 0 Å². The number of rotatable bonds is 3. The number of aryl methyl sites for hydroxylation is 1. The van der Waals surface area contributed by atoms with E-state index in [1.165, 1.54) is 24.3 Å². The third-order valence-electron chi connectivity index (χ3n) is 4.72. The minimum Gasteiger partial charge on any atom is -0.228 e. The zero-order chi connectivity index (χ0) is 19.8. The Hall–Kier alpha value is -1.48. The molecule has 1 aliphatic rings. The van der Waals surface area contributed by atoms with Gasteiger partial charge in [0, 0.05) is 23.7 Å². The lowest BCUT2D eigenvalue weighted by Gasteiger charge is -2.21. The molecule has 146 valence electrons. The van der Waals surface area contributed by atoms with E-state index in [1.54, 1.807) is 25.1 Å². The minimum atomic E-state index is -3.91. The molecule has 5 nitrogen and oxygen atoms in total. The van der Waals surface area contributed by atoms with Crippen molar-refractivity contribution < 1.29 is 21.2 Å². The maximum Gasteiger partial charge on any atom is 0.243 e. The summed E-state index contributed by atoms with van der Waals surface area (Å²) in [5, 5.41) is -0.787. The molecule has 0 radical (unpaired) electrons. The first-order valence-electron chi connectivity index (χ1n) is 8.35. The van der Waals surface area contributed by atoms with Crippen LogP contribution in [0.5, 0.6) is 0 Å². The van der Waals surface area contributed by atoms with Gasteiger partial charge in [-0.3, -0.25) is 0 Å². The van der Waals surface area contributed by atoms with Crippen LogP contribution < -0.4 is 0 Å². The molecule has 1 unspecified atom stereocenters. The molecular formula is C18H19ClFNO4S2. The first kappa shape index (κ1) is 20.3. The maximum absolute atomic E-state index is 14.1. The summed E-state index contributed by atoms with van der Waals surface area (Å²) in [4.78, 5) is 0.0525. The molecule has 9 heteroatoms. The Morgan fingerprint density at radius 2 is 1.85 bits per heavy atom. The number of sulfonamides is 1. The summed E-state index contributed by atoms with van der Waals surface area (Å²) in [6.45, 7) is 1.45. The van der Waals surface area contributed by atoms with Crippen LogP contribution >= 0.6 is 11.6 Å². The van der Waals surface area contributed by atoms with Gasteiger partial charge < -0.3 is 0 Å². The van der Waals surface area contributed by atoms with Crippen LogP contribution in [0.4, 0.5) is 4.39 Å². The minimum absolute atomic E-state index is 0.0118. The molecule has 0 bridgehead atoms. The fourth-order valence-electron chi connectivity index (χ4n) is 3.24. The highest BCUT2D eigenvalue weighted by atomic mass is 35.5. The molecule has 27 heavy (non-hydrogen) atoms. The van der Waals surface area contributed by atoms with E-state index in [9.17, 15) is 21.2 Å². The lowest BCUT2D eigenvalue weighted by molar-refractivity contribution is 0.426. The number of hydrogen-bond acceptors (Lipinski definition) is 4. The van der Waals surface area contributed by atoms with E-state index in [-0.39, 0.29) is 40.7 Å². The van der Waals surface area contributed by atoms with Crippen molar-refractivity contribution in [1.29, 1.82) is 0 Å². The highest BCUT2D eigenvalue weighted by Gasteiger charge is 2.37. The van der Waals surface area contributed by atoms with E-state index in [0.717, 1.165) is 4.31 Å². The summed E-state index contributed by atoms with van der Waals surface area (Å²) in [7, 11) is -7.62. The van der Waals surface area contributed by atoms with Crippen LogP contribution in [-0.2, 0) is 19.9 Å². The second-order valence-corrected chi connectivity index (χ2v) is 11.1. The summed E-state index contributed by atoms with van der Waals surface area (Å²) in [6, 6.07) is 10.3. The van der Waals surface area contributed by atoms with Crippen molar-refractivity contribution in [3.63, 3.8) is 0 Å². The van der Waals surface area contributed by atoms with Gasteiger partial charge in [-0.1, -0.05) is 35.9 Å². The average molecular weight is 432 g/mol. The zero-order valence-electron chi connectivity index (χ0n) is 14.6. The van der Waals surface area contributed by atoms with Crippen LogP contribution in [0.15, 0.2) is 47.4 Å². The van der Waals surface area contributed by atoms with Crippen LogP contribution in [-0.4, -0.2) is 40.0 Å². The quantitative estimate of drug-likeness (QED) is 0.747. The SMILES string of the molecule is Cc1ccc(Cl)cc1S(=O)(=O)N1CCC(c2ccccc2F)S(=O)(=O)CC1. The fourth-order valence-corrected chi connectivity index (χ4v) is 7.10. The fraction of sp³-hybridized carbons (Fsp3) is 0.333. The summed E-state index contributed by atoms with van der Waals surface area (Å²) in [5.41, 5.74) is 0.604. The predicted molar refractivity (Wildman–Crippen MR) is 102 cm³/mol. The van der Waals surface area contributed by atoms with Gasteiger partial charge in [-0.2, -0.15) is 4.31 Å². The van der Waals surface area contributed by atoms with Crippen LogP contribution in [0.25, 0.3) is 0 Å². The zero-order valence-corrected chi connectivity index (χ0v) is 17.0. The molecule has 0 N–H and O–H groups in total. The first-order chi connectivity index (χ1) is 12.6. The normalized spacial score (nSPS) is 20.9. The van der Waals surface area contributed by atoms with Gasteiger partial charge in [0.25, 0.3) is 0 Å². The third-order valence-corrected chi connectivity index (χ3v) is 9.10. The van der Waals surface area contributed by atoms with E-state index in [0.29, 0.717) is 5.56 Å². The molecule has 0 amide bonds. The number of halogens is 2. The molecule has 3 rings (SSSR count). The van der Waals surface area contributed by atoms with Gasteiger partial charge in [0.05, 0.1) is 15.9 Å².